The van der Waals surface area contributed by atoms with E-state index in [0.717, 1.165) is 12.1 Å². The van der Waals surface area contributed by atoms with E-state index in [1.807, 2.05) is 0 Å². The molecule has 1 N–H and O–H groups in total. The molecule has 92 valence electrons. The van der Waals surface area contributed by atoms with Crippen molar-refractivity contribution in [1.82, 2.24) is 0 Å². The van der Waals surface area contributed by atoms with Gasteiger partial charge in [-0.1, -0.05) is 0 Å². The average molecular weight is 240 g/mol. The van der Waals surface area contributed by atoms with Crippen LogP contribution >= 0.6 is 0 Å². The van der Waals surface area contributed by atoms with Gasteiger partial charge in [0.25, 0.3) is 0 Å². The lowest BCUT2D eigenvalue weighted by Gasteiger charge is -2.08. The molecule has 0 unspecified atom stereocenters. The fraction of sp³-hybridized carbons (Fsp3) is 0.333. The van der Waals surface area contributed by atoms with E-state index in [-0.39, 0.29) is 18.6 Å². The van der Waals surface area contributed by atoms with E-state index >= 15 is 0 Å². The largest absolute Gasteiger partial charge is 0.464 e. The van der Waals surface area contributed by atoms with Gasteiger partial charge in [0.15, 0.2) is 11.9 Å². The van der Waals surface area contributed by atoms with Crippen molar-refractivity contribution in [1.29, 1.82) is 0 Å². The second-order valence-corrected chi connectivity index (χ2v) is 3.40. The molecule has 0 fully saturated rings. The quantitative estimate of drug-likeness (QED) is 0.622. The van der Waals surface area contributed by atoms with Crippen LogP contribution in [0.2, 0.25) is 0 Å². The van der Waals surface area contributed by atoms with Crippen molar-refractivity contribution in [2.75, 3.05) is 6.61 Å². The van der Waals surface area contributed by atoms with Crippen molar-refractivity contribution < 1.29 is 23.8 Å². The van der Waals surface area contributed by atoms with Gasteiger partial charge in [0.05, 0.1) is 6.61 Å². The van der Waals surface area contributed by atoms with Crippen LogP contribution < -0.4 is 0 Å². The van der Waals surface area contributed by atoms with Gasteiger partial charge in [0.2, 0.25) is 0 Å². The maximum atomic E-state index is 12.6. The molecule has 0 heterocycles. The summed E-state index contributed by atoms with van der Waals surface area (Å²) in [5.74, 6) is -1.72. The highest BCUT2D eigenvalue weighted by molar-refractivity contribution is 5.98. The Kier molecular flexibility index (Phi) is 4.78. The first-order valence-corrected chi connectivity index (χ1v) is 5.18. The summed E-state index contributed by atoms with van der Waals surface area (Å²) < 4.78 is 17.2. The minimum atomic E-state index is -1.48. The van der Waals surface area contributed by atoms with Gasteiger partial charge in [0.1, 0.15) is 5.82 Å². The molecule has 0 radical (unpaired) electrons. The smallest absolute Gasteiger partial charge is 0.335 e. The molecule has 0 amide bonds. The van der Waals surface area contributed by atoms with Crippen molar-refractivity contribution >= 4 is 11.8 Å². The van der Waals surface area contributed by atoms with Crippen LogP contribution in [0.25, 0.3) is 0 Å². The van der Waals surface area contributed by atoms with Crippen LogP contribution in [0.5, 0.6) is 0 Å². The highest BCUT2D eigenvalue weighted by Crippen LogP contribution is 2.08. The van der Waals surface area contributed by atoms with E-state index in [2.05, 4.69) is 4.74 Å². The van der Waals surface area contributed by atoms with Crippen LogP contribution in [-0.2, 0) is 9.53 Å². The number of rotatable bonds is 5. The number of carbonyl (C=O) groups is 2. The molecule has 0 aliphatic heterocycles. The van der Waals surface area contributed by atoms with Gasteiger partial charge in [-0.05, 0) is 31.2 Å². The van der Waals surface area contributed by atoms with Gasteiger partial charge in [0, 0.05) is 12.0 Å². The van der Waals surface area contributed by atoms with Crippen molar-refractivity contribution in [2.45, 2.75) is 19.4 Å². The average Bonchev–Trinajstić information content (AvgIpc) is 2.30. The van der Waals surface area contributed by atoms with Crippen molar-refractivity contribution in [3.05, 3.63) is 35.6 Å². The molecule has 0 aliphatic carbocycles. The van der Waals surface area contributed by atoms with Gasteiger partial charge in [-0.15, -0.1) is 0 Å². The van der Waals surface area contributed by atoms with Crippen LogP contribution in [0, 0.1) is 5.82 Å². The third-order valence-electron chi connectivity index (χ3n) is 2.10. The van der Waals surface area contributed by atoms with E-state index in [1.54, 1.807) is 6.92 Å². The maximum Gasteiger partial charge on any atom is 0.335 e. The Morgan fingerprint density at radius 1 is 1.35 bits per heavy atom. The van der Waals surface area contributed by atoms with Gasteiger partial charge >= 0.3 is 5.97 Å². The fourth-order valence-corrected chi connectivity index (χ4v) is 1.25. The summed E-state index contributed by atoms with van der Waals surface area (Å²) in [4.78, 5) is 22.7. The molecule has 0 spiro atoms. The second-order valence-electron chi connectivity index (χ2n) is 3.40. The third-order valence-corrected chi connectivity index (χ3v) is 2.10. The number of hydrogen-bond donors (Lipinski definition) is 1. The van der Waals surface area contributed by atoms with E-state index in [1.165, 1.54) is 12.1 Å². The SMILES string of the molecule is CCOC(=O)[C@H](O)CC(=O)c1ccc(F)cc1. The molecular weight excluding hydrogens is 227 g/mol. The zero-order valence-corrected chi connectivity index (χ0v) is 9.35. The van der Waals surface area contributed by atoms with Crippen LogP contribution in [0.4, 0.5) is 4.39 Å². The van der Waals surface area contributed by atoms with Crippen LogP contribution in [0.3, 0.4) is 0 Å². The predicted octanol–water partition coefficient (Wildman–Crippen LogP) is 1.32. The molecule has 0 saturated carbocycles. The first kappa shape index (κ1) is 13.3. The van der Waals surface area contributed by atoms with Crippen LogP contribution in [0.15, 0.2) is 24.3 Å². The van der Waals surface area contributed by atoms with Crippen molar-refractivity contribution in [2.24, 2.45) is 0 Å². The number of ketones is 1. The number of Topliss-reactive ketones (excluding diaryl/α,β-unsaturated/α-hetero) is 1. The van der Waals surface area contributed by atoms with Crippen molar-refractivity contribution in [3.8, 4) is 0 Å². The minimum Gasteiger partial charge on any atom is -0.464 e. The van der Waals surface area contributed by atoms with E-state index < -0.39 is 23.7 Å². The summed E-state index contributed by atoms with van der Waals surface area (Å²) in [5.41, 5.74) is 0.245. The zero-order valence-electron chi connectivity index (χ0n) is 9.35. The Balaban J connectivity index is 2.60. The van der Waals surface area contributed by atoms with E-state index in [0.29, 0.717) is 0 Å². The number of carbonyl (C=O) groups excluding carboxylic acids is 2. The zero-order chi connectivity index (χ0) is 12.8. The topological polar surface area (TPSA) is 63.6 Å². The maximum absolute atomic E-state index is 12.6. The predicted molar refractivity (Wildman–Crippen MR) is 58.0 cm³/mol. The monoisotopic (exact) mass is 240 g/mol. The molecule has 1 atom stereocenters. The Morgan fingerprint density at radius 3 is 2.47 bits per heavy atom. The van der Waals surface area contributed by atoms with Gasteiger partial charge in [-0.2, -0.15) is 0 Å². The number of esters is 1. The van der Waals surface area contributed by atoms with Gasteiger partial charge in [-0.25, -0.2) is 9.18 Å². The van der Waals surface area contributed by atoms with Gasteiger partial charge in [-0.3, -0.25) is 4.79 Å². The number of halogens is 1. The molecule has 1 aromatic rings. The number of aliphatic hydroxyl groups excluding tert-OH is 1. The lowest BCUT2D eigenvalue weighted by molar-refractivity contribution is -0.152. The molecule has 4 nitrogen and oxygen atoms in total. The highest BCUT2D eigenvalue weighted by Gasteiger charge is 2.20. The summed E-state index contributed by atoms with van der Waals surface area (Å²) in [6.45, 7) is 1.74. The second kappa shape index (κ2) is 6.10. The lowest BCUT2D eigenvalue weighted by Crippen LogP contribution is -2.26. The lowest BCUT2D eigenvalue weighted by atomic mass is 10.1. The van der Waals surface area contributed by atoms with E-state index in [9.17, 15) is 19.1 Å². The number of aliphatic hydroxyl groups is 1. The molecule has 5 heteroatoms. The number of ether oxygens (including phenoxy) is 1. The van der Waals surface area contributed by atoms with Crippen LogP contribution in [-0.4, -0.2) is 29.6 Å². The summed E-state index contributed by atoms with van der Waals surface area (Å²) in [6, 6.07) is 4.89. The van der Waals surface area contributed by atoms with Gasteiger partial charge < -0.3 is 9.84 Å². The first-order valence-electron chi connectivity index (χ1n) is 5.18. The number of benzene rings is 1. The molecule has 0 bridgehead atoms. The first-order chi connectivity index (χ1) is 8.04. The molecular formula is C12H13FO4. The summed E-state index contributed by atoms with van der Waals surface area (Å²) in [5, 5.41) is 9.37. The molecule has 0 aromatic heterocycles. The summed E-state index contributed by atoms with van der Waals surface area (Å²) in [6.07, 6.45) is -1.85. The molecule has 0 aliphatic rings. The fourth-order valence-electron chi connectivity index (χ4n) is 1.25. The number of hydrogen-bond acceptors (Lipinski definition) is 4. The summed E-state index contributed by atoms with van der Waals surface area (Å²) >= 11 is 0. The Labute approximate surface area is 98.0 Å². The minimum absolute atomic E-state index is 0.140. The van der Waals surface area contributed by atoms with Crippen molar-refractivity contribution in [3.63, 3.8) is 0 Å². The Bertz CT molecular complexity index is 399. The molecule has 1 rings (SSSR count). The molecule has 1 aromatic carbocycles. The van der Waals surface area contributed by atoms with E-state index in [4.69, 9.17) is 0 Å². The molecule has 17 heavy (non-hydrogen) atoms. The Hall–Kier alpha value is -1.75. The Morgan fingerprint density at radius 2 is 1.94 bits per heavy atom. The highest BCUT2D eigenvalue weighted by atomic mass is 19.1. The summed E-state index contributed by atoms with van der Waals surface area (Å²) in [7, 11) is 0. The molecule has 0 saturated heterocycles. The van der Waals surface area contributed by atoms with Crippen LogP contribution in [0.1, 0.15) is 23.7 Å². The third kappa shape index (κ3) is 3.96. The standard InChI is InChI=1S/C12H13FO4/c1-2-17-12(16)11(15)7-10(14)8-3-5-9(13)6-4-8/h3-6,11,15H,2,7H2,1H3/t11-/m1/s1. The normalized spacial score (nSPS) is 11.9.